The fourth-order valence-electron chi connectivity index (χ4n) is 2.33. The summed E-state index contributed by atoms with van der Waals surface area (Å²) in [6.45, 7) is 5.59. The molecule has 23 heavy (non-hydrogen) atoms. The standard InChI is InChI=1S/C16H25NO5S/c1-6-17(12(3)11-23(19,20)7-2)16(18)13-8-14(21-4)10-15(9-13)22-5/h8-10,12H,6-7,11H2,1-5H3. The molecule has 1 rings (SSSR count). The zero-order chi connectivity index (χ0) is 17.6. The molecule has 6 nitrogen and oxygen atoms in total. The van der Waals surface area contributed by atoms with Crippen LogP contribution in [0, 0.1) is 0 Å². The predicted octanol–water partition coefficient (Wildman–Crippen LogP) is 1.99. The van der Waals surface area contributed by atoms with Gasteiger partial charge in [0.25, 0.3) is 5.91 Å². The summed E-state index contributed by atoms with van der Waals surface area (Å²) in [6.07, 6.45) is 0. The van der Waals surface area contributed by atoms with Crippen LogP contribution in [0.1, 0.15) is 31.1 Å². The van der Waals surface area contributed by atoms with Crippen LogP contribution in [0.3, 0.4) is 0 Å². The van der Waals surface area contributed by atoms with Crippen molar-refractivity contribution in [3.05, 3.63) is 23.8 Å². The minimum Gasteiger partial charge on any atom is -0.497 e. The summed E-state index contributed by atoms with van der Waals surface area (Å²) in [7, 11) is -0.137. The van der Waals surface area contributed by atoms with Crippen molar-refractivity contribution in [2.24, 2.45) is 0 Å². The second kappa shape index (κ2) is 8.19. The number of sulfone groups is 1. The van der Waals surface area contributed by atoms with Gasteiger partial charge in [0.1, 0.15) is 11.5 Å². The maximum Gasteiger partial charge on any atom is 0.254 e. The first kappa shape index (κ1) is 19.3. The Kier molecular flexibility index (Phi) is 6.87. The summed E-state index contributed by atoms with van der Waals surface area (Å²) in [5.74, 6) is 0.791. The third-order valence-corrected chi connectivity index (χ3v) is 5.54. The van der Waals surface area contributed by atoms with E-state index in [2.05, 4.69) is 0 Å². The van der Waals surface area contributed by atoms with Crippen molar-refractivity contribution in [2.45, 2.75) is 26.8 Å². The molecule has 1 aromatic carbocycles. The van der Waals surface area contributed by atoms with Crippen molar-refractivity contribution in [1.29, 1.82) is 0 Å². The van der Waals surface area contributed by atoms with Gasteiger partial charge in [-0.2, -0.15) is 0 Å². The third-order valence-electron chi connectivity index (χ3n) is 3.67. The molecule has 0 aliphatic rings. The van der Waals surface area contributed by atoms with Gasteiger partial charge in [-0.3, -0.25) is 4.79 Å². The van der Waals surface area contributed by atoms with Gasteiger partial charge in [-0.25, -0.2) is 8.42 Å². The molecule has 1 atom stereocenters. The van der Waals surface area contributed by atoms with E-state index in [1.54, 1.807) is 36.9 Å². The van der Waals surface area contributed by atoms with E-state index in [4.69, 9.17) is 9.47 Å². The van der Waals surface area contributed by atoms with E-state index in [1.807, 2.05) is 6.92 Å². The van der Waals surface area contributed by atoms with E-state index >= 15 is 0 Å². The molecule has 0 bridgehead atoms. The number of rotatable bonds is 8. The van der Waals surface area contributed by atoms with Crippen molar-refractivity contribution in [2.75, 3.05) is 32.3 Å². The third kappa shape index (κ3) is 5.13. The quantitative estimate of drug-likeness (QED) is 0.722. The van der Waals surface area contributed by atoms with Crippen LogP contribution < -0.4 is 9.47 Å². The minimum absolute atomic E-state index is 0.0514. The first-order chi connectivity index (χ1) is 10.8. The summed E-state index contributed by atoms with van der Waals surface area (Å²) >= 11 is 0. The van der Waals surface area contributed by atoms with E-state index in [1.165, 1.54) is 14.2 Å². The van der Waals surface area contributed by atoms with Crippen molar-refractivity contribution in [3.8, 4) is 11.5 Å². The fourth-order valence-corrected chi connectivity index (χ4v) is 3.48. The maximum atomic E-state index is 12.7. The first-order valence-electron chi connectivity index (χ1n) is 7.52. The molecule has 130 valence electrons. The molecule has 1 unspecified atom stereocenters. The molecule has 0 aliphatic carbocycles. The van der Waals surface area contributed by atoms with E-state index < -0.39 is 15.9 Å². The van der Waals surface area contributed by atoms with Crippen LogP contribution in [0.5, 0.6) is 11.5 Å². The minimum atomic E-state index is -3.16. The smallest absolute Gasteiger partial charge is 0.254 e. The largest absolute Gasteiger partial charge is 0.497 e. The SMILES string of the molecule is CCN(C(=O)c1cc(OC)cc(OC)c1)C(C)CS(=O)(=O)CC. The molecular formula is C16H25NO5S. The Labute approximate surface area is 138 Å². The van der Waals surface area contributed by atoms with Crippen LogP contribution >= 0.6 is 0 Å². The van der Waals surface area contributed by atoms with Crippen LogP contribution in [0.25, 0.3) is 0 Å². The summed E-state index contributed by atoms with van der Waals surface area (Å²) in [6, 6.07) is 4.51. The van der Waals surface area contributed by atoms with E-state index in [-0.39, 0.29) is 17.4 Å². The van der Waals surface area contributed by atoms with Gasteiger partial charge in [-0.1, -0.05) is 6.92 Å². The van der Waals surface area contributed by atoms with Crippen molar-refractivity contribution in [1.82, 2.24) is 4.90 Å². The molecule has 0 saturated carbocycles. The molecule has 0 spiro atoms. The van der Waals surface area contributed by atoms with Gasteiger partial charge >= 0.3 is 0 Å². The van der Waals surface area contributed by atoms with E-state index in [9.17, 15) is 13.2 Å². The molecular weight excluding hydrogens is 318 g/mol. The van der Waals surface area contributed by atoms with Gasteiger partial charge in [0.05, 0.1) is 20.0 Å². The Hall–Kier alpha value is -1.76. The van der Waals surface area contributed by atoms with Crippen LogP contribution in [-0.2, 0) is 9.84 Å². The van der Waals surface area contributed by atoms with E-state index in [0.29, 0.717) is 23.6 Å². The molecule has 1 aromatic rings. The summed E-state index contributed by atoms with van der Waals surface area (Å²) in [5.41, 5.74) is 0.406. The van der Waals surface area contributed by atoms with Crippen LogP contribution in [0.4, 0.5) is 0 Å². The average Bonchev–Trinajstić information content (AvgIpc) is 2.54. The zero-order valence-electron chi connectivity index (χ0n) is 14.3. The molecule has 0 fully saturated rings. The monoisotopic (exact) mass is 343 g/mol. The van der Waals surface area contributed by atoms with Crippen molar-refractivity contribution >= 4 is 15.7 Å². The first-order valence-corrected chi connectivity index (χ1v) is 9.34. The summed E-state index contributed by atoms with van der Waals surface area (Å²) < 4.78 is 34.0. The lowest BCUT2D eigenvalue weighted by Gasteiger charge is -2.28. The van der Waals surface area contributed by atoms with Crippen LogP contribution in [-0.4, -0.2) is 57.5 Å². The average molecular weight is 343 g/mol. The van der Waals surface area contributed by atoms with Gasteiger partial charge < -0.3 is 14.4 Å². The second-order valence-electron chi connectivity index (χ2n) is 5.24. The number of hydrogen-bond acceptors (Lipinski definition) is 5. The Morgan fingerprint density at radius 3 is 2.04 bits per heavy atom. The Morgan fingerprint density at radius 2 is 1.65 bits per heavy atom. The Balaban J connectivity index is 3.09. The van der Waals surface area contributed by atoms with E-state index in [0.717, 1.165) is 0 Å². The number of methoxy groups -OCH3 is 2. The lowest BCUT2D eigenvalue weighted by atomic mass is 10.1. The molecule has 0 heterocycles. The molecule has 0 radical (unpaired) electrons. The van der Waals surface area contributed by atoms with Crippen molar-refractivity contribution in [3.63, 3.8) is 0 Å². The Bertz CT molecular complexity index is 620. The van der Waals surface area contributed by atoms with Gasteiger partial charge in [-0.15, -0.1) is 0 Å². The highest BCUT2D eigenvalue weighted by Crippen LogP contribution is 2.24. The molecule has 1 amide bonds. The molecule has 0 saturated heterocycles. The van der Waals surface area contributed by atoms with Crippen LogP contribution in [0.2, 0.25) is 0 Å². The van der Waals surface area contributed by atoms with Crippen molar-refractivity contribution < 1.29 is 22.7 Å². The second-order valence-corrected chi connectivity index (χ2v) is 7.64. The van der Waals surface area contributed by atoms with Gasteiger partial charge in [-0.05, 0) is 26.0 Å². The Morgan fingerprint density at radius 1 is 1.13 bits per heavy atom. The number of hydrogen-bond donors (Lipinski definition) is 0. The highest BCUT2D eigenvalue weighted by atomic mass is 32.2. The van der Waals surface area contributed by atoms with Gasteiger partial charge in [0.15, 0.2) is 9.84 Å². The normalized spacial score (nSPS) is 12.6. The van der Waals surface area contributed by atoms with Gasteiger partial charge in [0.2, 0.25) is 0 Å². The predicted molar refractivity (Wildman–Crippen MR) is 90.0 cm³/mol. The van der Waals surface area contributed by atoms with Crippen LogP contribution in [0.15, 0.2) is 18.2 Å². The summed E-state index contributed by atoms with van der Waals surface area (Å²) in [5, 5.41) is 0. The highest BCUT2D eigenvalue weighted by Gasteiger charge is 2.25. The highest BCUT2D eigenvalue weighted by molar-refractivity contribution is 7.91. The van der Waals surface area contributed by atoms with Gasteiger partial charge in [0, 0.05) is 30.0 Å². The lowest BCUT2D eigenvalue weighted by molar-refractivity contribution is 0.0718. The number of amides is 1. The molecule has 7 heteroatoms. The lowest BCUT2D eigenvalue weighted by Crippen LogP contribution is -2.42. The number of ether oxygens (including phenoxy) is 2. The summed E-state index contributed by atoms with van der Waals surface area (Å²) in [4.78, 5) is 14.3. The molecule has 0 N–H and O–H groups in total. The zero-order valence-corrected chi connectivity index (χ0v) is 15.1. The maximum absolute atomic E-state index is 12.7. The number of carbonyl (C=O) groups is 1. The topological polar surface area (TPSA) is 72.9 Å². The number of benzene rings is 1. The number of carbonyl (C=O) groups excluding carboxylic acids is 1. The number of nitrogens with zero attached hydrogens (tertiary/aromatic N) is 1. The molecule has 0 aromatic heterocycles. The fraction of sp³-hybridized carbons (Fsp3) is 0.562. The molecule has 0 aliphatic heterocycles.